The molecule has 5 heteroatoms. The van der Waals surface area contributed by atoms with Crippen LogP contribution in [-0.4, -0.2) is 39.6 Å². The van der Waals surface area contributed by atoms with Crippen LogP contribution in [0.15, 0.2) is 36.7 Å². The zero-order valence-corrected chi connectivity index (χ0v) is 14.7. The third-order valence-corrected chi connectivity index (χ3v) is 5.48. The summed E-state index contributed by atoms with van der Waals surface area (Å²) >= 11 is 0. The van der Waals surface area contributed by atoms with Crippen LogP contribution in [0.4, 0.5) is 0 Å². The number of carbonyl (C=O) groups is 1. The van der Waals surface area contributed by atoms with Crippen LogP contribution in [0.25, 0.3) is 0 Å². The van der Waals surface area contributed by atoms with Crippen LogP contribution >= 0.6 is 0 Å². The Balaban J connectivity index is 1.41. The monoisotopic (exact) mass is 339 g/mol. The lowest BCUT2D eigenvalue weighted by Gasteiger charge is -2.30. The molecule has 0 radical (unpaired) electrons. The SMILES string of the molecule is C[C@@H]1OCC[C@@H]1C(=O)N1CCc2c(ncn2CCc2ccccc2)C1. The molecule has 25 heavy (non-hydrogen) atoms. The molecule has 2 aromatic rings. The third-order valence-electron chi connectivity index (χ3n) is 5.48. The molecule has 132 valence electrons. The number of aryl methyl sites for hydroxylation is 2. The Morgan fingerprint density at radius 2 is 2.16 bits per heavy atom. The molecular formula is C20H25N3O2. The number of imidazole rings is 1. The number of fused-ring (bicyclic) bond motifs is 1. The van der Waals surface area contributed by atoms with Crippen molar-refractivity contribution in [3.05, 3.63) is 53.6 Å². The van der Waals surface area contributed by atoms with Gasteiger partial charge in [-0.1, -0.05) is 30.3 Å². The van der Waals surface area contributed by atoms with Crippen molar-refractivity contribution in [1.82, 2.24) is 14.5 Å². The van der Waals surface area contributed by atoms with E-state index in [2.05, 4.69) is 33.8 Å². The van der Waals surface area contributed by atoms with E-state index in [1.807, 2.05) is 24.2 Å². The van der Waals surface area contributed by atoms with Crippen molar-refractivity contribution in [3.8, 4) is 0 Å². The molecule has 4 rings (SSSR count). The Labute approximate surface area is 148 Å². The molecule has 0 bridgehead atoms. The molecule has 0 unspecified atom stereocenters. The summed E-state index contributed by atoms with van der Waals surface area (Å²) in [6.45, 7) is 5.06. The number of carbonyl (C=O) groups excluding carboxylic acids is 1. The topological polar surface area (TPSA) is 47.4 Å². The highest BCUT2D eigenvalue weighted by Gasteiger charge is 2.35. The Hall–Kier alpha value is -2.14. The Morgan fingerprint density at radius 1 is 1.32 bits per heavy atom. The van der Waals surface area contributed by atoms with Crippen LogP contribution in [-0.2, 0) is 35.5 Å². The summed E-state index contributed by atoms with van der Waals surface area (Å²) in [6.07, 6.45) is 4.70. The standard InChI is InChI=1S/C20H25N3O2/c1-15-17(9-12-25-15)20(24)22-11-8-19-18(13-22)21-14-23(19)10-7-16-5-3-2-4-6-16/h2-6,14-15,17H,7-13H2,1H3/t15-,17-/m0/s1. The molecule has 2 aliphatic rings. The second-order valence-corrected chi connectivity index (χ2v) is 7.05. The number of hydrogen-bond acceptors (Lipinski definition) is 3. The summed E-state index contributed by atoms with van der Waals surface area (Å²) in [5.74, 6) is 0.246. The molecule has 5 nitrogen and oxygen atoms in total. The van der Waals surface area contributed by atoms with Crippen LogP contribution < -0.4 is 0 Å². The van der Waals surface area contributed by atoms with Crippen LogP contribution in [0, 0.1) is 5.92 Å². The number of ether oxygens (including phenoxy) is 1. The van der Waals surface area contributed by atoms with Crippen molar-refractivity contribution in [3.63, 3.8) is 0 Å². The molecule has 1 aromatic carbocycles. The third kappa shape index (κ3) is 3.33. The van der Waals surface area contributed by atoms with Gasteiger partial charge in [-0.15, -0.1) is 0 Å². The summed E-state index contributed by atoms with van der Waals surface area (Å²) in [4.78, 5) is 19.3. The average Bonchev–Trinajstić information content (AvgIpc) is 3.25. The van der Waals surface area contributed by atoms with E-state index in [9.17, 15) is 4.79 Å². The molecule has 1 aromatic heterocycles. The molecule has 2 atom stereocenters. The zero-order valence-electron chi connectivity index (χ0n) is 14.7. The summed E-state index contributed by atoms with van der Waals surface area (Å²) in [7, 11) is 0. The van der Waals surface area contributed by atoms with Gasteiger partial charge in [-0.3, -0.25) is 4.79 Å². The van der Waals surface area contributed by atoms with Crippen molar-refractivity contribution < 1.29 is 9.53 Å². The van der Waals surface area contributed by atoms with Crippen molar-refractivity contribution in [2.75, 3.05) is 13.2 Å². The molecule has 0 aliphatic carbocycles. The van der Waals surface area contributed by atoms with Gasteiger partial charge in [0.25, 0.3) is 0 Å². The minimum Gasteiger partial charge on any atom is -0.378 e. The molecule has 2 aliphatic heterocycles. The number of amides is 1. The predicted molar refractivity (Wildman–Crippen MR) is 95.0 cm³/mol. The van der Waals surface area contributed by atoms with E-state index in [-0.39, 0.29) is 17.9 Å². The lowest BCUT2D eigenvalue weighted by molar-refractivity contribution is -0.138. The number of aromatic nitrogens is 2. The van der Waals surface area contributed by atoms with Gasteiger partial charge in [0.05, 0.1) is 30.6 Å². The van der Waals surface area contributed by atoms with E-state index in [4.69, 9.17) is 4.74 Å². The van der Waals surface area contributed by atoms with Gasteiger partial charge in [-0.05, 0) is 25.3 Å². The highest BCUT2D eigenvalue weighted by molar-refractivity contribution is 5.79. The molecule has 1 saturated heterocycles. The van der Waals surface area contributed by atoms with Gasteiger partial charge in [0.1, 0.15) is 0 Å². The maximum Gasteiger partial charge on any atom is 0.228 e. The second kappa shape index (κ2) is 7.00. The van der Waals surface area contributed by atoms with Gasteiger partial charge in [0.2, 0.25) is 5.91 Å². The van der Waals surface area contributed by atoms with E-state index in [1.54, 1.807) is 0 Å². The summed E-state index contributed by atoms with van der Waals surface area (Å²) in [5, 5.41) is 0. The van der Waals surface area contributed by atoms with Crippen LogP contribution in [0.3, 0.4) is 0 Å². The van der Waals surface area contributed by atoms with Crippen molar-refractivity contribution >= 4 is 5.91 Å². The fraction of sp³-hybridized carbons (Fsp3) is 0.500. The number of rotatable bonds is 4. The smallest absolute Gasteiger partial charge is 0.228 e. The Bertz CT molecular complexity index is 741. The highest BCUT2D eigenvalue weighted by atomic mass is 16.5. The van der Waals surface area contributed by atoms with Crippen molar-refractivity contribution in [2.24, 2.45) is 5.92 Å². The highest BCUT2D eigenvalue weighted by Crippen LogP contribution is 2.26. The summed E-state index contributed by atoms with van der Waals surface area (Å²) in [5.41, 5.74) is 3.68. The van der Waals surface area contributed by atoms with E-state index in [1.165, 1.54) is 11.3 Å². The van der Waals surface area contributed by atoms with E-state index in [0.717, 1.165) is 38.0 Å². The van der Waals surface area contributed by atoms with Crippen LogP contribution in [0.1, 0.15) is 30.3 Å². The van der Waals surface area contributed by atoms with Crippen molar-refractivity contribution in [1.29, 1.82) is 0 Å². The first-order chi connectivity index (χ1) is 12.2. The fourth-order valence-corrected chi connectivity index (χ4v) is 3.94. The molecule has 1 amide bonds. The van der Waals surface area contributed by atoms with Gasteiger partial charge in [-0.25, -0.2) is 4.98 Å². The lowest BCUT2D eigenvalue weighted by Crippen LogP contribution is -2.42. The number of hydrogen-bond donors (Lipinski definition) is 0. The first-order valence-electron chi connectivity index (χ1n) is 9.19. The van der Waals surface area contributed by atoms with E-state index < -0.39 is 0 Å². The predicted octanol–water partition coefficient (Wildman–Crippen LogP) is 2.44. The first kappa shape index (κ1) is 16.3. The maximum atomic E-state index is 12.7. The maximum absolute atomic E-state index is 12.7. The average molecular weight is 339 g/mol. The summed E-state index contributed by atoms with van der Waals surface area (Å²) < 4.78 is 7.81. The van der Waals surface area contributed by atoms with Crippen molar-refractivity contribution in [2.45, 2.75) is 45.4 Å². The largest absolute Gasteiger partial charge is 0.378 e. The molecule has 0 saturated carbocycles. The van der Waals surface area contributed by atoms with Crippen LogP contribution in [0.2, 0.25) is 0 Å². The second-order valence-electron chi connectivity index (χ2n) is 7.05. The molecule has 3 heterocycles. The first-order valence-corrected chi connectivity index (χ1v) is 9.19. The number of nitrogens with zero attached hydrogens (tertiary/aromatic N) is 3. The molecule has 0 N–H and O–H groups in total. The zero-order chi connectivity index (χ0) is 17.2. The molecular weight excluding hydrogens is 314 g/mol. The minimum atomic E-state index is 0.0155. The van der Waals surface area contributed by atoms with Gasteiger partial charge >= 0.3 is 0 Å². The normalized spacial score (nSPS) is 22.8. The molecule has 0 spiro atoms. The van der Waals surface area contributed by atoms with Gasteiger partial charge < -0.3 is 14.2 Å². The summed E-state index contributed by atoms with van der Waals surface area (Å²) in [6, 6.07) is 10.5. The quantitative estimate of drug-likeness (QED) is 0.859. The van der Waals surface area contributed by atoms with E-state index >= 15 is 0 Å². The Morgan fingerprint density at radius 3 is 2.92 bits per heavy atom. The molecule has 1 fully saturated rings. The van der Waals surface area contributed by atoms with Gasteiger partial charge in [0.15, 0.2) is 0 Å². The van der Waals surface area contributed by atoms with Gasteiger partial charge in [-0.2, -0.15) is 0 Å². The van der Waals surface area contributed by atoms with Crippen LogP contribution in [0.5, 0.6) is 0 Å². The minimum absolute atomic E-state index is 0.0155. The fourth-order valence-electron chi connectivity index (χ4n) is 3.94. The van der Waals surface area contributed by atoms with E-state index in [0.29, 0.717) is 13.2 Å². The number of benzene rings is 1. The Kier molecular flexibility index (Phi) is 4.57. The van der Waals surface area contributed by atoms with Gasteiger partial charge in [0, 0.05) is 31.8 Å². The lowest BCUT2D eigenvalue weighted by atomic mass is 9.99.